The molecule has 1 aliphatic heterocycles. The highest BCUT2D eigenvalue weighted by Crippen LogP contribution is 2.24. The number of rotatable bonds is 4. The van der Waals surface area contributed by atoms with Crippen LogP contribution in [0.5, 0.6) is 0 Å². The lowest BCUT2D eigenvalue weighted by Gasteiger charge is -2.22. The summed E-state index contributed by atoms with van der Waals surface area (Å²) in [6, 6.07) is 9.53. The van der Waals surface area contributed by atoms with Crippen LogP contribution in [0.2, 0.25) is 0 Å². The normalized spacial score (nSPS) is 16.0. The monoisotopic (exact) mass is 460 g/mol. The standard InChI is InChI=1S/C19H18F2N4OS.2ClH/c20-14-8-16-17(9-15(14)21)25-19(24-16)11-1-3-12(4-2-11)23-18(26)7-13-10-27-6-5-22-13;;/h1-4,8-9,13,22H,5-7,10H2,(H,23,26)(H,24,25);2*1H. The van der Waals surface area contributed by atoms with Crippen LogP contribution in [0.25, 0.3) is 22.4 Å². The number of benzene rings is 2. The minimum absolute atomic E-state index is 0. The zero-order valence-corrected chi connectivity index (χ0v) is 17.7. The van der Waals surface area contributed by atoms with E-state index in [4.69, 9.17) is 0 Å². The molecule has 3 N–H and O–H groups in total. The third-order valence-electron chi connectivity index (χ3n) is 4.40. The summed E-state index contributed by atoms with van der Waals surface area (Å²) < 4.78 is 26.7. The third kappa shape index (κ3) is 5.60. The Labute approximate surface area is 183 Å². The van der Waals surface area contributed by atoms with Crippen molar-refractivity contribution in [1.82, 2.24) is 15.3 Å². The Bertz CT molecular complexity index is 939. The maximum Gasteiger partial charge on any atom is 0.225 e. The molecule has 4 rings (SSSR count). The van der Waals surface area contributed by atoms with Crippen LogP contribution in [0.15, 0.2) is 36.4 Å². The second kappa shape index (κ2) is 10.2. The number of aromatic amines is 1. The number of imidazole rings is 1. The van der Waals surface area contributed by atoms with Gasteiger partial charge in [0.25, 0.3) is 0 Å². The molecule has 0 bridgehead atoms. The Morgan fingerprint density at radius 1 is 1.17 bits per heavy atom. The van der Waals surface area contributed by atoms with Gasteiger partial charge in [-0.25, -0.2) is 13.8 Å². The first-order valence-corrected chi connectivity index (χ1v) is 9.80. The number of hydrogen-bond acceptors (Lipinski definition) is 4. The van der Waals surface area contributed by atoms with E-state index in [2.05, 4.69) is 20.6 Å². The molecule has 1 amide bonds. The number of carbonyl (C=O) groups excluding carboxylic acids is 1. The molecule has 0 saturated carbocycles. The van der Waals surface area contributed by atoms with Gasteiger partial charge in [-0.05, 0) is 24.3 Å². The number of hydrogen-bond donors (Lipinski definition) is 3. The van der Waals surface area contributed by atoms with Crippen molar-refractivity contribution in [2.24, 2.45) is 0 Å². The Morgan fingerprint density at radius 3 is 2.59 bits per heavy atom. The van der Waals surface area contributed by atoms with Gasteiger partial charge in [0, 0.05) is 53.9 Å². The second-order valence-corrected chi connectivity index (χ2v) is 7.57. The van der Waals surface area contributed by atoms with Crippen molar-refractivity contribution in [3.8, 4) is 11.4 Å². The molecule has 3 aromatic rings. The van der Waals surface area contributed by atoms with Crippen molar-refractivity contribution >= 4 is 59.2 Å². The number of nitrogens with one attached hydrogen (secondary N) is 3. The number of aromatic nitrogens is 2. The Balaban J connectivity index is 0.00000150. The first-order valence-electron chi connectivity index (χ1n) is 8.64. The highest BCUT2D eigenvalue weighted by atomic mass is 35.5. The highest BCUT2D eigenvalue weighted by molar-refractivity contribution is 7.99. The van der Waals surface area contributed by atoms with E-state index >= 15 is 0 Å². The summed E-state index contributed by atoms with van der Waals surface area (Å²) in [6.07, 6.45) is 0.440. The molecule has 29 heavy (non-hydrogen) atoms. The van der Waals surface area contributed by atoms with Crippen LogP contribution >= 0.6 is 36.6 Å². The topological polar surface area (TPSA) is 69.8 Å². The Morgan fingerprint density at radius 2 is 1.90 bits per heavy atom. The van der Waals surface area contributed by atoms with Crippen molar-refractivity contribution in [3.05, 3.63) is 48.0 Å². The maximum absolute atomic E-state index is 13.3. The first-order chi connectivity index (χ1) is 13.1. The van der Waals surface area contributed by atoms with E-state index in [0.29, 0.717) is 29.0 Å². The summed E-state index contributed by atoms with van der Waals surface area (Å²) in [5, 5.41) is 6.23. The molecule has 1 aliphatic rings. The summed E-state index contributed by atoms with van der Waals surface area (Å²) in [6.45, 7) is 0.933. The van der Waals surface area contributed by atoms with Crippen molar-refractivity contribution < 1.29 is 13.6 Å². The average molecular weight is 461 g/mol. The fraction of sp³-hybridized carbons (Fsp3) is 0.263. The van der Waals surface area contributed by atoms with Crippen molar-refractivity contribution in [2.75, 3.05) is 23.4 Å². The number of halogens is 4. The zero-order chi connectivity index (χ0) is 18.8. The summed E-state index contributed by atoms with van der Waals surface area (Å²) in [5.74, 6) is 0.667. The SMILES string of the molecule is Cl.Cl.O=C(CC1CSCCN1)Nc1ccc(-c2nc3cc(F)c(F)cc3[nH]2)cc1. The van der Waals surface area contributed by atoms with Crippen LogP contribution < -0.4 is 10.6 Å². The molecular formula is C19H20Cl2F2N4OS. The lowest BCUT2D eigenvalue weighted by atomic mass is 10.2. The summed E-state index contributed by atoms with van der Waals surface area (Å²) >= 11 is 1.85. The average Bonchev–Trinajstić information content (AvgIpc) is 3.06. The van der Waals surface area contributed by atoms with Crippen LogP contribution in [-0.4, -0.2) is 40.0 Å². The molecule has 1 saturated heterocycles. The molecule has 0 spiro atoms. The Hall–Kier alpha value is -1.87. The molecule has 2 aromatic carbocycles. The number of H-pyrrole nitrogens is 1. The molecule has 5 nitrogen and oxygen atoms in total. The summed E-state index contributed by atoms with van der Waals surface area (Å²) in [5.41, 5.74) is 2.24. The fourth-order valence-corrected chi connectivity index (χ4v) is 3.99. The predicted molar refractivity (Wildman–Crippen MR) is 118 cm³/mol. The number of anilines is 1. The van der Waals surface area contributed by atoms with Gasteiger partial charge in [-0.3, -0.25) is 4.79 Å². The van der Waals surface area contributed by atoms with Gasteiger partial charge in [0.15, 0.2) is 11.6 Å². The lowest BCUT2D eigenvalue weighted by molar-refractivity contribution is -0.116. The summed E-state index contributed by atoms with van der Waals surface area (Å²) in [4.78, 5) is 19.4. The van der Waals surface area contributed by atoms with Gasteiger partial charge in [-0.1, -0.05) is 0 Å². The smallest absolute Gasteiger partial charge is 0.225 e. The second-order valence-electron chi connectivity index (χ2n) is 6.42. The highest BCUT2D eigenvalue weighted by Gasteiger charge is 2.17. The van der Waals surface area contributed by atoms with Gasteiger partial charge >= 0.3 is 0 Å². The van der Waals surface area contributed by atoms with Gasteiger partial charge in [-0.15, -0.1) is 24.8 Å². The van der Waals surface area contributed by atoms with Crippen LogP contribution in [0.3, 0.4) is 0 Å². The zero-order valence-electron chi connectivity index (χ0n) is 15.2. The molecule has 2 heterocycles. The van der Waals surface area contributed by atoms with E-state index < -0.39 is 11.6 Å². The maximum atomic E-state index is 13.3. The van der Waals surface area contributed by atoms with Crippen LogP contribution in [0, 0.1) is 11.6 Å². The molecule has 0 radical (unpaired) electrons. The molecule has 1 atom stereocenters. The predicted octanol–water partition coefficient (Wildman–Crippen LogP) is 4.39. The minimum Gasteiger partial charge on any atom is -0.338 e. The quantitative estimate of drug-likeness (QED) is 0.539. The van der Waals surface area contributed by atoms with Crippen molar-refractivity contribution in [1.29, 1.82) is 0 Å². The molecule has 1 unspecified atom stereocenters. The van der Waals surface area contributed by atoms with Crippen LogP contribution in [0.4, 0.5) is 14.5 Å². The van der Waals surface area contributed by atoms with Gasteiger partial charge < -0.3 is 15.6 Å². The minimum atomic E-state index is -0.926. The molecule has 0 aliphatic carbocycles. The molecule has 10 heteroatoms. The Kier molecular flexibility index (Phi) is 8.27. The number of amides is 1. The number of nitrogens with zero attached hydrogens (tertiary/aromatic N) is 1. The van der Waals surface area contributed by atoms with Gasteiger partial charge in [0.1, 0.15) is 5.82 Å². The number of fused-ring (bicyclic) bond motifs is 1. The molecule has 1 fully saturated rings. The van der Waals surface area contributed by atoms with E-state index in [0.717, 1.165) is 35.7 Å². The largest absolute Gasteiger partial charge is 0.338 e. The van der Waals surface area contributed by atoms with Gasteiger partial charge in [0.05, 0.1) is 11.0 Å². The number of carbonyl (C=O) groups is 1. The summed E-state index contributed by atoms with van der Waals surface area (Å²) in [7, 11) is 0. The third-order valence-corrected chi connectivity index (χ3v) is 5.53. The first kappa shape index (κ1) is 23.4. The molecule has 1 aromatic heterocycles. The number of thioether (sulfide) groups is 1. The van der Waals surface area contributed by atoms with E-state index in [1.54, 1.807) is 24.3 Å². The van der Waals surface area contributed by atoms with E-state index in [9.17, 15) is 13.6 Å². The van der Waals surface area contributed by atoms with Crippen LogP contribution in [-0.2, 0) is 4.79 Å². The van der Waals surface area contributed by atoms with Crippen LogP contribution in [0.1, 0.15) is 6.42 Å². The molecular weight excluding hydrogens is 441 g/mol. The van der Waals surface area contributed by atoms with Crippen molar-refractivity contribution in [2.45, 2.75) is 12.5 Å². The molecule has 156 valence electrons. The van der Waals surface area contributed by atoms with E-state index in [-0.39, 0.29) is 36.8 Å². The van der Waals surface area contributed by atoms with E-state index in [1.165, 1.54) is 0 Å². The van der Waals surface area contributed by atoms with Gasteiger partial charge in [-0.2, -0.15) is 11.8 Å². The van der Waals surface area contributed by atoms with Crippen molar-refractivity contribution in [3.63, 3.8) is 0 Å². The lowest BCUT2D eigenvalue weighted by Crippen LogP contribution is -2.39. The fourth-order valence-electron chi connectivity index (χ4n) is 3.04. The van der Waals surface area contributed by atoms with Gasteiger partial charge in [0.2, 0.25) is 5.91 Å². The van der Waals surface area contributed by atoms with E-state index in [1.807, 2.05) is 11.8 Å².